The minimum absolute atomic E-state index is 0.108. The number of pyridine rings is 1. The third-order valence-corrected chi connectivity index (χ3v) is 2.69. The Morgan fingerprint density at radius 2 is 1.95 bits per heavy atom. The van der Waals surface area contributed by atoms with Crippen LogP contribution in [0.15, 0.2) is 42.7 Å². The van der Waals surface area contributed by atoms with E-state index in [0.717, 1.165) is 18.2 Å². The van der Waals surface area contributed by atoms with Crippen LogP contribution in [0, 0.1) is 5.82 Å². The predicted molar refractivity (Wildman–Crippen MR) is 70.8 cm³/mol. The number of halogens is 1. The number of nitrogens with zero attached hydrogens (tertiary/aromatic N) is 3. The van der Waals surface area contributed by atoms with Crippen molar-refractivity contribution in [3.05, 3.63) is 54.1 Å². The molecule has 0 aliphatic rings. The molecule has 2 heterocycles. The molecule has 0 saturated heterocycles. The van der Waals surface area contributed by atoms with E-state index in [2.05, 4.69) is 15.0 Å². The minimum Gasteiger partial charge on any atom is -0.478 e. The zero-order chi connectivity index (χ0) is 14.8. The number of hydrogen-bond donors (Lipinski definition) is 1. The fraction of sp³-hybridized carbons (Fsp3) is 0. The largest absolute Gasteiger partial charge is 0.478 e. The lowest BCUT2D eigenvalue weighted by atomic mass is 10.2. The van der Waals surface area contributed by atoms with Crippen LogP contribution in [0.2, 0.25) is 0 Å². The van der Waals surface area contributed by atoms with Crippen LogP contribution in [0.4, 0.5) is 4.39 Å². The Bertz CT molecular complexity index is 839. The van der Waals surface area contributed by atoms with Crippen LogP contribution in [0.1, 0.15) is 10.4 Å². The van der Waals surface area contributed by atoms with E-state index in [-0.39, 0.29) is 17.2 Å². The maximum atomic E-state index is 13.3. The average molecular weight is 285 g/mol. The van der Waals surface area contributed by atoms with Gasteiger partial charge in [-0.1, -0.05) is 0 Å². The molecule has 0 unspecified atom stereocenters. The molecular weight excluding hydrogens is 277 g/mol. The Kier molecular flexibility index (Phi) is 3.15. The standard InChI is InChI=1S/C14H8FN3O3/c15-8-1-2-9(14(19)20)11(7-8)21-12-4-3-10-13(18-12)17-6-5-16-10/h1-7H,(H,19,20). The maximum Gasteiger partial charge on any atom is 0.339 e. The summed E-state index contributed by atoms with van der Waals surface area (Å²) in [4.78, 5) is 23.2. The molecule has 0 saturated carbocycles. The fourth-order valence-electron chi connectivity index (χ4n) is 1.76. The second-order valence-corrected chi connectivity index (χ2v) is 4.10. The van der Waals surface area contributed by atoms with Crippen molar-refractivity contribution in [3.63, 3.8) is 0 Å². The number of carbonyl (C=O) groups is 1. The molecule has 0 spiro atoms. The normalized spacial score (nSPS) is 10.5. The van der Waals surface area contributed by atoms with Gasteiger partial charge in [-0.05, 0) is 18.2 Å². The molecule has 104 valence electrons. The highest BCUT2D eigenvalue weighted by Gasteiger charge is 2.14. The zero-order valence-corrected chi connectivity index (χ0v) is 10.5. The van der Waals surface area contributed by atoms with Crippen LogP contribution in [-0.2, 0) is 0 Å². The van der Waals surface area contributed by atoms with Crippen LogP contribution in [0.25, 0.3) is 11.2 Å². The molecule has 7 heteroatoms. The van der Waals surface area contributed by atoms with Crippen LogP contribution in [-0.4, -0.2) is 26.0 Å². The molecule has 0 atom stereocenters. The van der Waals surface area contributed by atoms with Gasteiger partial charge in [-0.3, -0.25) is 4.98 Å². The van der Waals surface area contributed by atoms with Crippen molar-refractivity contribution in [2.24, 2.45) is 0 Å². The van der Waals surface area contributed by atoms with Crippen LogP contribution < -0.4 is 4.74 Å². The van der Waals surface area contributed by atoms with Crippen molar-refractivity contribution in [2.75, 3.05) is 0 Å². The van der Waals surface area contributed by atoms with Crippen LogP contribution >= 0.6 is 0 Å². The van der Waals surface area contributed by atoms with Crippen molar-refractivity contribution >= 4 is 17.1 Å². The zero-order valence-electron chi connectivity index (χ0n) is 10.5. The van der Waals surface area contributed by atoms with E-state index in [9.17, 15) is 9.18 Å². The van der Waals surface area contributed by atoms with Gasteiger partial charge in [-0.15, -0.1) is 0 Å². The molecule has 0 aliphatic heterocycles. The number of fused-ring (bicyclic) bond motifs is 1. The average Bonchev–Trinajstić information content (AvgIpc) is 2.47. The summed E-state index contributed by atoms with van der Waals surface area (Å²) in [5.41, 5.74) is 0.767. The lowest BCUT2D eigenvalue weighted by Crippen LogP contribution is -2.01. The SMILES string of the molecule is O=C(O)c1ccc(F)cc1Oc1ccc2nccnc2n1. The number of rotatable bonds is 3. The third-order valence-electron chi connectivity index (χ3n) is 2.69. The van der Waals surface area contributed by atoms with E-state index < -0.39 is 11.8 Å². The monoisotopic (exact) mass is 285 g/mol. The number of ether oxygens (including phenoxy) is 1. The topological polar surface area (TPSA) is 85.2 Å². The molecule has 0 radical (unpaired) electrons. The highest BCUT2D eigenvalue weighted by atomic mass is 19.1. The molecule has 1 aromatic carbocycles. The summed E-state index contributed by atoms with van der Waals surface area (Å²) < 4.78 is 18.6. The lowest BCUT2D eigenvalue weighted by Gasteiger charge is -2.08. The van der Waals surface area contributed by atoms with E-state index in [1.807, 2.05) is 0 Å². The molecule has 6 nitrogen and oxygen atoms in total. The van der Waals surface area contributed by atoms with E-state index >= 15 is 0 Å². The Morgan fingerprint density at radius 3 is 2.76 bits per heavy atom. The second-order valence-electron chi connectivity index (χ2n) is 4.10. The molecule has 0 fully saturated rings. The highest BCUT2D eigenvalue weighted by molar-refractivity contribution is 5.91. The molecule has 0 amide bonds. The van der Waals surface area contributed by atoms with Gasteiger partial charge in [0, 0.05) is 24.5 Å². The van der Waals surface area contributed by atoms with Crippen LogP contribution in [0.5, 0.6) is 11.6 Å². The van der Waals surface area contributed by atoms with Gasteiger partial charge < -0.3 is 9.84 Å². The van der Waals surface area contributed by atoms with E-state index in [4.69, 9.17) is 9.84 Å². The minimum atomic E-state index is -1.22. The quantitative estimate of drug-likeness (QED) is 0.796. The maximum absolute atomic E-state index is 13.3. The second kappa shape index (κ2) is 5.12. The Labute approximate surface area is 117 Å². The summed E-state index contributed by atoms with van der Waals surface area (Å²) >= 11 is 0. The number of carboxylic acids is 1. The number of carboxylic acid groups (broad SMARTS) is 1. The van der Waals surface area contributed by atoms with E-state index in [1.165, 1.54) is 18.5 Å². The molecular formula is C14H8FN3O3. The Balaban J connectivity index is 2.02. The predicted octanol–water partition coefficient (Wildman–Crippen LogP) is 2.65. The number of hydrogen-bond acceptors (Lipinski definition) is 5. The first-order valence-corrected chi connectivity index (χ1v) is 5.92. The molecule has 0 bridgehead atoms. The molecule has 2 aromatic heterocycles. The smallest absolute Gasteiger partial charge is 0.339 e. The van der Waals surface area contributed by atoms with Gasteiger partial charge in [0.25, 0.3) is 0 Å². The fourth-order valence-corrected chi connectivity index (χ4v) is 1.76. The number of aromatic carboxylic acids is 1. The first-order valence-electron chi connectivity index (χ1n) is 5.92. The summed E-state index contributed by atoms with van der Waals surface area (Å²) in [6.07, 6.45) is 3.00. The highest BCUT2D eigenvalue weighted by Crippen LogP contribution is 2.26. The van der Waals surface area contributed by atoms with E-state index in [0.29, 0.717) is 11.2 Å². The number of aromatic nitrogens is 3. The van der Waals surface area contributed by atoms with Gasteiger partial charge in [0.2, 0.25) is 5.88 Å². The van der Waals surface area contributed by atoms with Gasteiger partial charge in [-0.25, -0.2) is 14.2 Å². The van der Waals surface area contributed by atoms with Crippen LogP contribution in [0.3, 0.4) is 0 Å². The van der Waals surface area contributed by atoms with E-state index in [1.54, 1.807) is 6.07 Å². The molecule has 1 N–H and O–H groups in total. The first kappa shape index (κ1) is 12.9. The Morgan fingerprint density at radius 1 is 1.14 bits per heavy atom. The molecule has 0 aliphatic carbocycles. The van der Waals surface area contributed by atoms with Crippen molar-refractivity contribution < 1.29 is 19.0 Å². The van der Waals surface area contributed by atoms with Gasteiger partial charge in [0.05, 0.1) is 0 Å². The van der Waals surface area contributed by atoms with Crippen molar-refractivity contribution in [3.8, 4) is 11.6 Å². The first-order chi connectivity index (χ1) is 10.1. The summed E-state index contributed by atoms with van der Waals surface area (Å²) in [7, 11) is 0. The molecule has 21 heavy (non-hydrogen) atoms. The van der Waals surface area contributed by atoms with Gasteiger partial charge in [-0.2, -0.15) is 4.98 Å². The van der Waals surface area contributed by atoms with Crippen molar-refractivity contribution in [2.45, 2.75) is 0 Å². The summed E-state index contributed by atoms with van der Waals surface area (Å²) in [5.74, 6) is -1.84. The Hall–Kier alpha value is -3.09. The van der Waals surface area contributed by atoms with Gasteiger partial charge in [0.1, 0.15) is 22.6 Å². The molecule has 3 rings (SSSR count). The number of benzene rings is 1. The summed E-state index contributed by atoms with van der Waals surface area (Å²) in [5, 5.41) is 9.06. The third kappa shape index (κ3) is 2.62. The molecule has 3 aromatic rings. The van der Waals surface area contributed by atoms with Crippen molar-refractivity contribution in [1.82, 2.24) is 15.0 Å². The van der Waals surface area contributed by atoms with Gasteiger partial charge >= 0.3 is 5.97 Å². The van der Waals surface area contributed by atoms with Crippen molar-refractivity contribution in [1.29, 1.82) is 0 Å². The van der Waals surface area contributed by atoms with Gasteiger partial charge in [0.15, 0.2) is 5.65 Å². The summed E-state index contributed by atoms with van der Waals surface area (Å²) in [6, 6.07) is 6.31. The summed E-state index contributed by atoms with van der Waals surface area (Å²) in [6.45, 7) is 0. The lowest BCUT2D eigenvalue weighted by molar-refractivity contribution is 0.0694.